The fourth-order valence-electron chi connectivity index (χ4n) is 8.44. The van der Waals surface area contributed by atoms with Crippen LogP contribution in [0.5, 0.6) is 5.75 Å². The number of methoxy groups -OCH3 is 1. The number of benzene rings is 2. The summed E-state index contributed by atoms with van der Waals surface area (Å²) in [6, 6.07) is 15.0. The van der Waals surface area contributed by atoms with Gasteiger partial charge in [0.05, 0.1) is 7.11 Å². The third-order valence-electron chi connectivity index (χ3n) is 10.9. The number of hydrogen-bond acceptors (Lipinski definition) is 4. The molecule has 0 saturated heterocycles. The SMILES string of the molecule is COc1c(C(C)C)ccc2c1CC[C@@H]1[C@@H](C(=O)O[C@H]3C[C@H](C)CC[C@H]3C(C)(C)c3ccccc3)C(=O)CC[C@@]21C. The van der Waals surface area contributed by atoms with Crippen molar-refractivity contribution in [2.75, 3.05) is 7.11 Å². The Balaban J connectivity index is 1.44. The molecular formula is C36H48O4. The molecule has 3 aliphatic rings. The van der Waals surface area contributed by atoms with Crippen molar-refractivity contribution in [2.24, 2.45) is 23.7 Å². The van der Waals surface area contributed by atoms with Crippen LogP contribution in [0.15, 0.2) is 42.5 Å². The molecule has 2 aromatic carbocycles. The topological polar surface area (TPSA) is 52.6 Å². The van der Waals surface area contributed by atoms with E-state index in [1.54, 1.807) is 7.11 Å². The van der Waals surface area contributed by atoms with Gasteiger partial charge < -0.3 is 9.47 Å². The molecular weight excluding hydrogens is 496 g/mol. The van der Waals surface area contributed by atoms with Crippen molar-refractivity contribution in [3.8, 4) is 5.75 Å². The lowest BCUT2D eigenvalue weighted by atomic mass is 9.54. The molecule has 0 unspecified atom stereocenters. The van der Waals surface area contributed by atoms with Gasteiger partial charge in [-0.05, 0) is 82.9 Å². The highest BCUT2D eigenvalue weighted by atomic mass is 16.5. The Bertz CT molecular complexity index is 1240. The minimum absolute atomic E-state index is 0.0510. The van der Waals surface area contributed by atoms with Gasteiger partial charge in [0.15, 0.2) is 0 Å². The third-order valence-corrected chi connectivity index (χ3v) is 10.9. The van der Waals surface area contributed by atoms with E-state index < -0.39 is 5.92 Å². The molecule has 0 bridgehead atoms. The van der Waals surface area contributed by atoms with Crippen LogP contribution in [0.1, 0.15) is 108 Å². The predicted molar refractivity (Wildman–Crippen MR) is 160 cm³/mol. The average molecular weight is 545 g/mol. The molecule has 5 rings (SSSR count). The monoisotopic (exact) mass is 544 g/mol. The second-order valence-electron chi connectivity index (χ2n) is 14.0. The van der Waals surface area contributed by atoms with Crippen molar-refractivity contribution in [3.05, 3.63) is 64.7 Å². The van der Waals surface area contributed by atoms with Crippen LogP contribution in [0.4, 0.5) is 0 Å². The molecule has 216 valence electrons. The van der Waals surface area contributed by atoms with Gasteiger partial charge in [-0.2, -0.15) is 0 Å². The Hall–Kier alpha value is -2.62. The standard InChI is InChI=1S/C36H48O4/c1-22(2)25-14-17-27-26(33(25)39-7)15-18-29-32(30(37)19-20-36(27,29)6)34(38)40-31-21-23(3)13-16-28(31)35(4,5)24-11-9-8-10-12-24/h8-12,14,17,22-23,28-29,31-32H,13,15-16,18-21H2,1-7H3/t23-,28-,29-,31+,32-,36+/m1/s1. The van der Waals surface area contributed by atoms with E-state index in [0.717, 1.165) is 44.3 Å². The normalized spacial score (nSPS) is 30.4. The first-order chi connectivity index (χ1) is 19.0. The van der Waals surface area contributed by atoms with Crippen LogP contribution in [0.25, 0.3) is 0 Å². The molecule has 0 heterocycles. The number of rotatable bonds is 6. The van der Waals surface area contributed by atoms with Crippen molar-refractivity contribution in [1.82, 2.24) is 0 Å². The van der Waals surface area contributed by atoms with E-state index in [-0.39, 0.29) is 40.5 Å². The summed E-state index contributed by atoms with van der Waals surface area (Å²) in [6.45, 7) is 13.5. The van der Waals surface area contributed by atoms with E-state index in [9.17, 15) is 9.59 Å². The molecule has 0 spiro atoms. The fraction of sp³-hybridized carbons (Fsp3) is 0.611. The van der Waals surface area contributed by atoms with E-state index in [4.69, 9.17) is 9.47 Å². The molecule has 0 radical (unpaired) electrons. The van der Waals surface area contributed by atoms with Gasteiger partial charge in [0.25, 0.3) is 0 Å². The largest absolute Gasteiger partial charge is 0.496 e. The minimum Gasteiger partial charge on any atom is -0.496 e. The molecule has 2 fully saturated rings. The number of fused-ring (bicyclic) bond motifs is 3. The van der Waals surface area contributed by atoms with Crippen molar-refractivity contribution >= 4 is 11.8 Å². The van der Waals surface area contributed by atoms with Gasteiger partial charge in [-0.25, -0.2) is 0 Å². The van der Waals surface area contributed by atoms with Crippen LogP contribution in [-0.4, -0.2) is 25.0 Å². The first kappa shape index (κ1) is 28.9. The van der Waals surface area contributed by atoms with E-state index in [0.29, 0.717) is 18.3 Å². The molecule has 2 aromatic rings. The average Bonchev–Trinajstić information content (AvgIpc) is 2.93. The lowest BCUT2D eigenvalue weighted by molar-refractivity contribution is -0.169. The lowest BCUT2D eigenvalue weighted by Crippen LogP contribution is -2.52. The highest BCUT2D eigenvalue weighted by Gasteiger charge is 2.54. The lowest BCUT2D eigenvalue weighted by Gasteiger charge is -2.50. The Morgan fingerprint density at radius 2 is 1.75 bits per heavy atom. The van der Waals surface area contributed by atoms with Gasteiger partial charge in [0, 0.05) is 12.3 Å². The molecule has 6 atom stereocenters. The maximum atomic E-state index is 14.1. The summed E-state index contributed by atoms with van der Waals surface area (Å²) in [5.74, 6) is 1.10. The highest BCUT2D eigenvalue weighted by Crippen LogP contribution is 2.54. The molecule has 0 N–H and O–H groups in total. The number of carbonyl (C=O) groups excluding carboxylic acids is 2. The molecule has 3 aliphatic carbocycles. The van der Waals surface area contributed by atoms with Gasteiger partial charge in [0.2, 0.25) is 0 Å². The second-order valence-corrected chi connectivity index (χ2v) is 14.0. The molecule has 0 amide bonds. The molecule has 4 nitrogen and oxygen atoms in total. The van der Waals surface area contributed by atoms with Crippen molar-refractivity contribution < 1.29 is 19.1 Å². The first-order valence-corrected chi connectivity index (χ1v) is 15.5. The summed E-state index contributed by atoms with van der Waals surface area (Å²) in [4.78, 5) is 27.6. The molecule has 0 aromatic heterocycles. The van der Waals surface area contributed by atoms with Crippen LogP contribution < -0.4 is 4.74 Å². The molecule has 0 aliphatic heterocycles. The maximum absolute atomic E-state index is 14.1. The minimum atomic E-state index is -0.694. The van der Waals surface area contributed by atoms with Crippen LogP contribution in [0.3, 0.4) is 0 Å². The van der Waals surface area contributed by atoms with Gasteiger partial charge in [-0.1, -0.05) is 90.4 Å². The number of carbonyl (C=O) groups is 2. The van der Waals surface area contributed by atoms with Gasteiger partial charge in [-0.15, -0.1) is 0 Å². The van der Waals surface area contributed by atoms with E-state index in [1.165, 1.54) is 22.3 Å². The number of ketones is 1. The highest BCUT2D eigenvalue weighted by molar-refractivity contribution is 6.00. The van der Waals surface area contributed by atoms with Crippen molar-refractivity contribution in [3.63, 3.8) is 0 Å². The Morgan fingerprint density at radius 3 is 2.42 bits per heavy atom. The summed E-state index contributed by atoms with van der Waals surface area (Å²) in [7, 11) is 1.76. The van der Waals surface area contributed by atoms with Crippen LogP contribution >= 0.6 is 0 Å². The number of esters is 1. The number of Topliss-reactive ketones (excluding diaryl/α,β-unsaturated/α-hetero) is 1. The zero-order chi connectivity index (χ0) is 28.8. The van der Waals surface area contributed by atoms with Gasteiger partial charge in [0.1, 0.15) is 23.6 Å². The van der Waals surface area contributed by atoms with Gasteiger partial charge in [-0.3, -0.25) is 9.59 Å². The third kappa shape index (κ3) is 4.90. The fourth-order valence-corrected chi connectivity index (χ4v) is 8.44. The molecule has 4 heteroatoms. The first-order valence-electron chi connectivity index (χ1n) is 15.5. The quantitative estimate of drug-likeness (QED) is 0.274. The van der Waals surface area contributed by atoms with E-state index in [1.807, 2.05) is 6.07 Å². The Kier molecular flexibility index (Phi) is 7.94. The summed E-state index contributed by atoms with van der Waals surface area (Å²) in [6.07, 6.45) is 5.63. The summed E-state index contributed by atoms with van der Waals surface area (Å²) >= 11 is 0. The van der Waals surface area contributed by atoms with Crippen LogP contribution in [0.2, 0.25) is 0 Å². The number of hydrogen-bond donors (Lipinski definition) is 0. The van der Waals surface area contributed by atoms with Crippen LogP contribution in [-0.2, 0) is 31.6 Å². The van der Waals surface area contributed by atoms with Crippen molar-refractivity contribution in [1.29, 1.82) is 0 Å². The zero-order valence-electron chi connectivity index (χ0n) is 25.6. The van der Waals surface area contributed by atoms with Crippen molar-refractivity contribution in [2.45, 2.75) is 109 Å². The smallest absolute Gasteiger partial charge is 0.317 e. The van der Waals surface area contributed by atoms with Crippen LogP contribution in [0, 0.1) is 23.7 Å². The molecule has 2 saturated carbocycles. The van der Waals surface area contributed by atoms with Gasteiger partial charge >= 0.3 is 5.97 Å². The number of ether oxygens (including phenoxy) is 2. The maximum Gasteiger partial charge on any atom is 0.317 e. The Morgan fingerprint density at radius 1 is 1.02 bits per heavy atom. The summed E-state index contributed by atoms with van der Waals surface area (Å²) in [5, 5.41) is 0. The summed E-state index contributed by atoms with van der Waals surface area (Å²) in [5.41, 5.74) is 4.63. The Labute approximate surface area is 241 Å². The van der Waals surface area contributed by atoms with E-state index in [2.05, 4.69) is 77.9 Å². The second kappa shape index (κ2) is 11.0. The summed E-state index contributed by atoms with van der Waals surface area (Å²) < 4.78 is 12.4. The molecule has 40 heavy (non-hydrogen) atoms. The zero-order valence-corrected chi connectivity index (χ0v) is 25.6. The predicted octanol–water partition coefficient (Wildman–Crippen LogP) is 7.94. The van der Waals surface area contributed by atoms with E-state index >= 15 is 0 Å².